The SMILES string of the molecule is CN(c1ccncc1)c1ccc(CN(C(=O)C=Cc2ccc(C(F)(F)F)cc2)[C@@H]2CCN(C3CCCC3)C2)cc1. The Hall–Kier alpha value is -3.65. The molecule has 1 saturated carbocycles. The van der Waals surface area contributed by atoms with Crippen molar-refractivity contribution in [3.05, 3.63) is 95.8 Å². The Morgan fingerprint density at radius 3 is 2.25 bits per heavy atom. The molecule has 210 valence electrons. The number of amides is 1. The maximum absolute atomic E-state index is 13.5. The minimum Gasteiger partial charge on any atom is -0.345 e. The lowest BCUT2D eigenvalue weighted by Crippen LogP contribution is -2.42. The van der Waals surface area contributed by atoms with Crippen molar-refractivity contribution in [1.29, 1.82) is 0 Å². The fourth-order valence-electron chi connectivity index (χ4n) is 5.80. The summed E-state index contributed by atoms with van der Waals surface area (Å²) < 4.78 is 38.8. The quantitative estimate of drug-likeness (QED) is 0.286. The minimum atomic E-state index is -4.38. The molecule has 1 saturated heterocycles. The van der Waals surface area contributed by atoms with Gasteiger partial charge in [0.2, 0.25) is 5.91 Å². The summed E-state index contributed by atoms with van der Waals surface area (Å²) in [4.78, 5) is 24.2. The van der Waals surface area contributed by atoms with Gasteiger partial charge in [-0.2, -0.15) is 13.2 Å². The van der Waals surface area contributed by atoms with Crippen molar-refractivity contribution < 1.29 is 18.0 Å². The molecular weight excluding hydrogens is 513 g/mol. The largest absolute Gasteiger partial charge is 0.416 e. The number of carbonyl (C=O) groups excluding carboxylic acids is 1. The summed E-state index contributed by atoms with van der Waals surface area (Å²) in [5, 5.41) is 0. The summed E-state index contributed by atoms with van der Waals surface area (Å²) in [6, 6.07) is 17.7. The number of hydrogen-bond acceptors (Lipinski definition) is 4. The van der Waals surface area contributed by atoms with Crippen molar-refractivity contribution in [2.24, 2.45) is 0 Å². The highest BCUT2D eigenvalue weighted by atomic mass is 19.4. The van der Waals surface area contributed by atoms with Crippen LogP contribution in [0.2, 0.25) is 0 Å². The molecule has 2 fully saturated rings. The molecule has 8 heteroatoms. The zero-order chi connectivity index (χ0) is 28.1. The van der Waals surface area contributed by atoms with Gasteiger partial charge in [0.15, 0.2) is 0 Å². The fraction of sp³-hybridized carbons (Fsp3) is 0.375. The van der Waals surface area contributed by atoms with Crippen molar-refractivity contribution in [3.63, 3.8) is 0 Å². The number of carbonyl (C=O) groups is 1. The number of pyridine rings is 1. The maximum Gasteiger partial charge on any atom is 0.416 e. The van der Waals surface area contributed by atoms with E-state index in [0.29, 0.717) is 18.2 Å². The lowest BCUT2D eigenvalue weighted by Gasteiger charge is -2.30. The molecule has 2 aromatic carbocycles. The third-order valence-electron chi connectivity index (χ3n) is 8.14. The number of likely N-dealkylation sites (tertiary alicyclic amines) is 1. The molecule has 1 aliphatic carbocycles. The van der Waals surface area contributed by atoms with Crippen LogP contribution in [0.1, 0.15) is 48.8 Å². The first-order chi connectivity index (χ1) is 19.3. The van der Waals surface area contributed by atoms with Crippen LogP contribution in [0.4, 0.5) is 24.5 Å². The number of benzene rings is 2. The van der Waals surface area contributed by atoms with Crippen LogP contribution in [0, 0.1) is 0 Å². The summed E-state index contributed by atoms with van der Waals surface area (Å²) in [6.07, 6.45) is 8.14. The van der Waals surface area contributed by atoms with E-state index in [1.54, 1.807) is 18.5 Å². The van der Waals surface area contributed by atoms with Gasteiger partial charge in [-0.05, 0) is 72.9 Å². The summed E-state index contributed by atoms with van der Waals surface area (Å²) in [7, 11) is 2.00. The van der Waals surface area contributed by atoms with Gasteiger partial charge in [0, 0.05) is 68.6 Å². The number of aromatic nitrogens is 1. The summed E-state index contributed by atoms with van der Waals surface area (Å²) in [5.74, 6) is -0.129. The van der Waals surface area contributed by atoms with Crippen LogP contribution in [-0.4, -0.2) is 52.9 Å². The van der Waals surface area contributed by atoms with Crippen molar-refractivity contribution in [1.82, 2.24) is 14.8 Å². The molecule has 5 nitrogen and oxygen atoms in total. The molecule has 40 heavy (non-hydrogen) atoms. The number of anilines is 2. The van der Waals surface area contributed by atoms with Gasteiger partial charge in [-0.3, -0.25) is 14.7 Å². The molecule has 0 spiro atoms. The van der Waals surface area contributed by atoms with Gasteiger partial charge < -0.3 is 9.80 Å². The predicted molar refractivity (Wildman–Crippen MR) is 152 cm³/mol. The first-order valence-corrected chi connectivity index (χ1v) is 13.9. The fourth-order valence-corrected chi connectivity index (χ4v) is 5.80. The van der Waals surface area contributed by atoms with Gasteiger partial charge in [-0.15, -0.1) is 0 Å². The van der Waals surface area contributed by atoms with E-state index in [2.05, 4.69) is 39.0 Å². The van der Waals surface area contributed by atoms with Crippen molar-refractivity contribution in [2.45, 2.75) is 56.9 Å². The topological polar surface area (TPSA) is 39.7 Å². The van der Waals surface area contributed by atoms with Gasteiger partial charge in [-0.25, -0.2) is 0 Å². The summed E-state index contributed by atoms with van der Waals surface area (Å²) in [6.45, 7) is 2.31. The normalized spacial score (nSPS) is 18.4. The Morgan fingerprint density at radius 2 is 1.60 bits per heavy atom. The first-order valence-electron chi connectivity index (χ1n) is 13.9. The van der Waals surface area contributed by atoms with Crippen LogP contribution in [0.25, 0.3) is 6.08 Å². The highest BCUT2D eigenvalue weighted by Gasteiger charge is 2.34. The number of hydrogen-bond donors (Lipinski definition) is 0. The second kappa shape index (κ2) is 12.3. The van der Waals surface area contributed by atoms with E-state index in [1.807, 2.05) is 24.1 Å². The van der Waals surface area contributed by atoms with Crippen molar-refractivity contribution >= 4 is 23.4 Å². The third-order valence-corrected chi connectivity index (χ3v) is 8.14. The zero-order valence-electron chi connectivity index (χ0n) is 22.7. The average molecular weight is 549 g/mol. The van der Waals surface area contributed by atoms with Crippen molar-refractivity contribution in [2.75, 3.05) is 25.0 Å². The molecule has 0 bridgehead atoms. The van der Waals surface area contributed by atoms with Gasteiger partial charge >= 0.3 is 6.18 Å². The Bertz CT molecular complexity index is 1290. The van der Waals surface area contributed by atoms with Gasteiger partial charge in [0.1, 0.15) is 0 Å². The molecule has 2 heterocycles. The molecule has 0 unspecified atom stereocenters. The standard InChI is InChI=1S/C32H35F3N4O/c1-37(28-16-19-36-20-17-28)27-13-8-25(9-14-27)22-39(30-18-21-38(23-30)29-4-2-3-5-29)31(40)15-10-24-6-11-26(12-7-24)32(33,34)35/h6-17,19-20,29-30H,2-5,18,21-23H2,1H3/t30-/m1/s1. The predicted octanol–water partition coefficient (Wildman–Crippen LogP) is 6.93. The molecule has 0 N–H and O–H groups in total. The molecule has 1 aromatic heterocycles. The first kappa shape index (κ1) is 27.9. The van der Waals surface area contributed by atoms with E-state index >= 15 is 0 Å². The zero-order valence-corrected chi connectivity index (χ0v) is 22.7. The number of rotatable bonds is 8. The van der Waals surface area contributed by atoms with Gasteiger partial charge in [0.25, 0.3) is 0 Å². The highest BCUT2D eigenvalue weighted by Crippen LogP contribution is 2.31. The molecule has 3 aromatic rings. The lowest BCUT2D eigenvalue weighted by molar-refractivity contribution is -0.137. The van der Waals surface area contributed by atoms with Gasteiger partial charge in [0.05, 0.1) is 5.56 Å². The van der Waals surface area contributed by atoms with Crippen LogP contribution in [-0.2, 0) is 17.5 Å². The lowest BCUT2D eigenvalue weighted by atomic mass is 10.1. The van der Waals surface area contributed by atoms with E-state index in [4.69, 9.17) is 0 Å². The Balaban J connectivity index is 1.32. The third kappa shape index (κ3) is 6.73. The Kier molecular flexibility index (Phi) is 8.54. The van der Waals surface area contributed by atoms with Gasteiger partial charge in [-0.1, -0.05) is 37.1 Å². The van der Waals surface area contributed by atoms with E-state index in [1.165, 1.54) is 43.9 Å². The molecular formula is C32H35F3N4O. The van der Waals surface area contributed by atoms with Crippen LogP contribution in [0.15, 0.2) is 79.1 Å². The number of halogens is 3. The van der Waals surface area contributed by atoms with Crippen LogP contribution in [0.5, 0.6) is 0 Å². The molecule has 5 rings (SSSR count). The second-order valence-corrected chi connectivity index (χ2v) is 10.7. The smallest absolute Gasteiger partial charge is 0.345 e. The van der Waals surface area contributed by atoms with Crippen molar-refractivity contribution in [3.8, 4) is 0 Å². The highest BCUT2D eigenvalue weighted by molar-refractivity contribution is 5.92. The average Bonchev–Trinajstić information content (AvgIpc) is 3.68. The van der Waals surface area contributed by atoms with Crippen LogP contribution < -0.4 is 4.90 Å². The van der Waals surface area contributed by atoms with E-state index in [0.717, 1.165) is 48.6 Å². The van der Waals surface area contributed by atoms with E-state index in [-0.39, 0.29) is 11.9 Å². The molecule has 1 aliphatic heterocycles. The van der Waals surface area contributed by atoms with Crippen LogP contribution >= 0.6 is 0 Å². The monoisotopic (exact) mass is 548 g/mol. The van der Waals surface area contributed by atoms with E-state index < -0.39 is 11.7 Å². The summed E-state index contributed by atoms with van der Waals surface area (Å²) in [5.41, 5.74) is 2.95. The molecule has 0 radical (unpaired) electrons. The minimum absolute atomic E-state index is 0.0875. The second-order valence-electron chi connectivity index (χ2n) is 10.7. The summed E-state index contributed by atoms with van der Waals surface area (Å²) >= 11 is 0. The van der Waals surface area contributed by atoms with Crippen LogP contribution in [0.3, 0.4) is 0 Å². The number of alkyl halides is 3. The maximum atomic E-state index is 13.5. The molecule has 1 amide bonds. The molecule has 1 atom stereocenters. The number of nitrogens with zero attached hydrogens (tertiary/aromatic N) is 4. The Labute approximate surface area is 233 Å². The Morgan fingerprint density at radius 1 is 0.950 bits per heavy atom. The molecule has 2 aliphatic rings. The van der Waals surface area contributed by atoms with E-state index in [9.17, 15) is 18.0 Å².